The predicted molar refractivity (Wildman–Crippen MR) is 96.4 cm³/mol. The summed E-state index contributed by atoms with van der Waals surface area (Å²) >= 11 is 0. The van der Waals surface area contributed by atoms with Gasteiger partial charge in [0, 0.05) is 0 Å². The van der Waals surface area contributed by atoms with E-state index in [0.717, 1.165) is 17.7 Å². The Kier molecular flexibility index (Phi) is 7.06. The first-order valence-corrected chi connectivity index (χ1v) is 9.51. The largest absolute Gasteiger partial charge is 0.460 e. The minimum atomic E-state index is -4.23. The first-order valence-electron chi connectivity index (χ1n) is 8.02. The van der Waals surface area contributed by atoms with Crippen LogP contribution in [0.3, 0.4) is 0 Å². The van der Waals surface area contributed by atoms with Gasteiger partial charge < -0.3 is 4.74 Å². The zero-order valence-corrected chi connectivity index (χ0v) is 15.1. The number of rotatable bonds is 8. The van der Waals surface area contributed by atoms with Crippen LogP contribution in [0.15, 0.2) is 71.6 Å². The van der Waals surface area contributed by atoms with Gasteiger partial charge in [-0.15, -0.1) is 0 Å². The third kappa shape index (κ3) is 5.50. The van der Waals surface area contributed by atoms with Gasteiger partial charge in [0.25, 0.3) is 0 Å². The van der Waals surface area contributed by atoms with Gasteiger partial charge in [-0.05, 0) is 31.0 Å². The van der Waals surface area contributed by atoms with Crippen molar-refractivity contribution < 1.29 is 22.3 Å². The quantitative estimate of drug-likeness (QED) is 0.567. The third-order valence-corrected chi connectivity index (χ3v) is 5.05. The maximum Gasteiger partial charge on any atom is 0.324 e. The summed E-state index contributed by atoms with van der Waals surface area (Å²) in [7, 11) is -4.23. The second kappa shape index (κ2) is 9.26. The van der Waals surface area contributed by atoms with Gasteiger partial charge in [-0.2, -0.15) is 4.72 Å². The molecule has 0 amide bonds. The molecule has 0 unspecified atom stereocenters. The molecule has 0 fully saturated rings. The molecular weight excluding hydrogens is 357 g/mol. The number of nitrogens with one attached hydrogen (secondary N) is 1. The van der Waals surface area contributed by atoms with Gasteiger partial charge >= 0.3 is 5.97 Å². The number of ether oxygens (including phenoxy) is 1. The van der Waals surface area contributed by atoms with Crippen molar-refractivity contribution in [2.45, 2.75) is 24.3 Å². The fraction of sp³-hybridized carbons (Fsp3) is 0.211. The Morgan fingerprint density at radius 2 is 1.81 bits per heavy atom. The van der Waals surface area contributed by atoms with E-state index in [0.29, 0.717) is 0 Å². The summed E-state index contributed by atoms with van der Waals surface area (Å²) in [6, 6.07) is 12.7. The molecule has 0 aliphatic heterocycles. The van der Waals surface area contributed by atoms with Crippen molar-refractivity contribution in [2.24, 2.45) is 0 Å². The molecule has 0 saturated carbocycles. The van der Waals surface area contributed by atoms with E-state index in [1.165, 1.54) is 12.1 Å². The van der Waals surface area contributed by atoms with Crippen LogP contribution in [0, 0.1) is 5.82 Å². The van der Waals surface area contributed by atoms with E-state index in [1.54, 1.807) is 43.3 Å². The summed E-state index contributed by atoms with van der Waals surface area (Å²) in [5.74, 6) is -1.62. The first kappa shape index (κ1) is 19.8. The van der Waals surface area contributed by atoms with Crippen molar-refractivity contribution in [2.75, 3.05) is 6.61 Å². The molecule has 0 bridgehead atoms. The number of carbonyl (C=O) groups is 1. The highest BCUT2D eigenvalue weighted by Crippen LogP contribution is 2.15. The molecule has 26 heavy (non-hydrogen) atoms. The molecule has 2 rings (SSSR count). The fourth-order valence-electron chi connectivity index (χ4n) is 2.26. The van der Waals surface area contributed by atoms with Crippen molar-refractivity contribution in [3.63, 3.8) is 0 Å². The minimum Gasteiger partial charge on any atom is -0.460 e. The normalized spacial score (nSPS) is 12.8. The van der Waals surface area contributed by atoms with E-state index >= 15 is 0 Å². The Morgan fingerprint density at radius 3 is 2.46 bits per heavy atom. The molecular formula is C19H20FNO4S. The van der Waals surface area contributed by atoms with Crippen LogP contribution in [0.1, 0.15) is 12.5 Å². The summed E-state index contributed by atoms with van der Waals surface area (Å²) < 4.78 is 46.2. The number of carbonyl (C=O) groups excluding carboxylic acids is 1. The molecule has 0 spiro atoms. The van der Waals surface area contributed by atoms with Crippen LogP contribution in [0.4, 0.5) is 4.39 Å². The Labute approximate surface area is 152 Å². The minimum absolute atomic E-state index is 0.0298. The van der Waals surface area contributed by atoms with E-state index in [-0.39, 0.29) is 13.0 Å². The van der Waals surface area contributed by atoms with Crippen LogP contribution in [0.2, 0.25) is 0 Å². The van der Waals surface area contributed by atoms with Gasteiger partial charge in [-0.1, -0.05) is 54.6 Å². The fourth-order valence-corrected chi connectivity index (χ4v) is 3.53. The van der Waals surface area contributed by atoms with E-state index in [4.69, 9.17) is 4.74 Å². The molecule has 0 radical (unpaired) electrons. The second-order valence-electron chi connectivity index (χ2n) is 5.49. The summed E-state index contributed by atoms with van der Waals surface area (Å²) in [5.41, 5.74) is 0.747. The maximum atomic E-state index is 13.9. The lowest BCUT2D eigenvalue weighted by Crippen LogP contribution is -2.43. The van der Waals surface area contributed by atoms with Gasteiger partial charge in [0.2, 0.25) is 10.0 Å². The lowest BCUT2D eigenvalue weighted by atomic mass is 10.1. The molecule has 2 aromatic carbocycles. The van der Waals surface area contributed by atoms with Crippen LogP contribution in [-0.2, 0) is 26.0 Å². The average molecular weight is 377 g/mol. The van der Waals surface area contributed by atoms with Gasteiger partial charge in [-0.3, -0.25) is 4.79 Å². The maximum absolute atomic E-state index is 13.9. The number of esters is 1. The van der Waals surface area contributed by atoms with Gasteiger partial charge in [0.05, 0.1) is 0 Å². The number of sulfonamides is 1. The SMILES string of the molecule is C/C=C/COC(=O)[C@H](Cc1ccccc1)NS(=O)(=O)c1ccccc1F. The van der Waals surface area contributed by atoms with Crippen LogP contribution in [0.25, 0.3) is 0 Å². The molecule has 7 heteroatoms. The molecule has 0 saturated heterocycles. The highest BCUT2D eigenvalue weighted by Gasteiger charge is 2.28. The molecule has 0 aromatic heterocycles. The zero-order valence-electron chi connectivity index (χ0n) is 14.3. The zero-order chi connectivity index (χ0) is 19.0. The molecule has 2 aromatic rings. The number of hydrogen-bond acceptors (Lipinski definition) is 4. The van der Waals surface area contributed by atoms with Gasteiger partial charge in [0.15, 0.2) is 0 Å². The van der Waals surface area contributed by atoms with Crippen molar-refractivity contribution in [3.05, 3.63) is 78.1 Å². The number of hydrogen-bond donors (Lipinski definition) is 1. The molecule has 1 atom stereocenters. The Hall–Kier alpha value is -2.51. The van der Waals surface area contributed by atoms with Crippen molar-refractivity contribution in [1.29, 1.82) is 0 Å². The number of allylic oxidation sites excluding steroid dienone is 1. The van der Waals surface area contributed by atoms with E-state index < -0.39 is 32.7 Å². The Balaban J connectivity index is 2.25. The smallest absolute Gasteiger partial charge is 0.324 e. The topological polar surface area (TPSA) is 72.5 Å². The van der Waals surface area contributed by atoms with Gasteiger partial charge in [0.1, 0.15) is 23.4 Å². The summed E-state index contributed by atoms with van der Waals surface area (Å²) in [6.45, 7) is 1.80. The van der Waals surface area contributed by atoms with E-state index in [1.807, 2.05) is 6.07 Å². The van der Waals surface area contributed by atoms with Crippen molar-refractivity contribution in [3.8, 4) is 0 Å². The summed E-state index contributed by atoms with van der Waals surface area (Å²) in [5, 5.41) is 0. The molecule has 138 valence electrons. The monoisotopic (exact) mass is 377 g/mol. The molecule has 5 nitrogen and oxygen atoms in total. The van der Waals surface area contributed by atoms with Crippen molar-refractivity contribution >= 4 is 16.0 Å². The van der Waals surface area contributed by atoms with Crippen molar-refractivity contribution in [1.82, 2.24) is 4.72 Å². The third-order valence-electron chi connectivity index (χ3n) is 3.55. The average Bonchev–Trinajstić information content (AvgIpc) is 2.62. The summed E-state index contributed by atoms with van der Waals surface area (Å²) in [6.07, 6.45) is 3.43. The van der Waals surface area contributed by atoms with Crippen LogP contribution in [0.5, 0.6) is 0 Å². The van der Waals surface area contributed by atoms with E-state index in [2.05, 4.69) is 4.72 Å². The van der Waals surface area contributed by atoms with E-state index in [9.17, 15) is 17.6 Å². The number of halogens is 1. The lowest BCUT2D eigenvalue weighted by Gasteiger charge is -2.18. The van der Waals surface area contributed by atoms with Gasteiger partial charge in [-0.25, -0.2) is 12.8 Å². The standard InChI is InChI=1S/C19H20FNO4S/c1-2-3-13-25-19(22)17(14-15-9-5-4-6-10-15)21-26(23,24)18-12-8-7-11-16(18)20/h2-12,17,21H,13-14H2,1H3/b3-2+/t17-/m0/s1. The van der Waals surface area contributed by atoms with Crippen LogP contribution < -0.4 is 4.72 Å². The van der Waals surface area contributed by atoms with Crippen LogP contribution in [-0.4, -0.2) is 27.0 Å². The Bertz CT molecular complexity index is 866. The number of benzene rings is 2. The highest BCUT2D eigenvalue weighted by molar-refractivity contribution is 7.89. The highest BCUT2D eigenvalue weighted by atomic mass is 32.2. The molecule has 0 aliphatic rings. The second-order valence-corrected chi connectivity index (χ2v) is 7.18. The molecule has 1 N–H and O–H groups in total. The first-order chi connectivity index (χ1) is 12.4. The predicted octanol–water partition coefficient (Wildman–Crippen LogP) is 2.83. The lowest BCUT2D eigenvalue weighted by molar-refractivity contribution is -0.144. The summed E-state index contributed by atoms with van der Waals surface area (Å²) in [4.78, 5) is 11.8. The molecule has 0 heterocycles. The molecule has 0 aliphatic carbocycles. The van der Waals surface area contributed by atoms with Crippen LogP contribution >= 0.6 is 0 Å². The Morgan fingerprint density at radius 1 is 1.15 bits per heavy atom.